The molecule has 30 heavy (non-hydrogen) atoms. The Morgan fingerprint density at radius 1 is 1.23 bits per heavy atom. The van der Waals surface area contributed by atoms with Gasteiger partial charge in [-0.3, -0.25) is 14.5 Å². The Hall–Kier alpha value is -2.38. The number of benzene rings is 1. The normalized spacial score (nSPS) is 26.6. The van der Waals surface area contributed by atoms with Gasteiger partial charge < -0.3 is 20.5 Å². The third-order valence-electron chi connectivity index (χ3n) is 6.83. The molecular formula is C23H31N5O2. The van der Waals surface area contributed by atoms with Crippen LogP contribution in [0.5, 0.6) is 0 Å². The SMILES string of the molecule is Cn1cc(CNC2CC3C(=O)NCC(CCC(=O)NC4CC4)N3C2)c2ccccc21. The third-order valence-corrected chi connectivity index (χ3v) is 6.83. The molecule has 2 amide bonds. The fourth-order valence-electron chi connectivity index (χ4n) is 5.04. The lowest BCUT2D eigenvalue weighted by molar-refractivity contribution is -0.129. The number of nitrogens with one attached hydrogen (secondary N) is 3. The van der Waals surface area contributed by atoms with Gasteiger partial charge >= 0.3 is 0 Å². The summed E-state index contributed by atoms with van der Waals surface area (Å²) >= 11 is 0. The Morgan fingerprint density at radius 2 is 2.07 bits per heavy atom. The molecule has 3 unspecified atom stereocenters. The molecule has 7 nitrogen and oxygen atoms in total. The summed E-state index contributed by atoms with van der Waals surface area (Å²) in [5.74, 6) is 0.277. The second-order valence-electron chi connectivity index (χ2n) is 9.09. The average Bonchev–Trinajstić information content (AvgIpc) is 3.34. The van der Waals surface area contributed by atoms with E-state index in [4.69, 9.17) is 0 Å². The zero-order chi connectivity index (χ0) is 20.7. The summed E-state index contributed by atoms with van der Waals surface area (Å²) in [5.41, 5.74) is 2.53. The van der Waals surface area contributed by atoms with Crippen LogP contribution in [0.4, 0.5) is 0 Å². The molecule has 3 fully saturated rings. The first-order valence-corrected chi connectivity index (χ1v) is 11.2. The van der Waals surface area contributed by atoms with Gasteiger partial charge in [0, 0.05) is 68.3 Å². The summed E-state index contributed by atoms with van der Waals surface area (Å²) < 4.78 is 2.17. The number of carbonyl (C=O) groups is 2. The topological polar surface area (TPSA) is 78.4 Å². The number of piperazine rings is 1. The molecule has 7 heteroatoms. The van der Waals surface area contributed by atoms with Crippen molar-refractivity contribution in [2.45, 2.75) is 62.8 Å². The largest absolute Gasteiger partial charge is 0.353 e. The number of nitrogens with zero attached hydrogens (tertiary/aromatic N) is 2. The maximum absolute atomic E-state index is 12.4. The second-order valence-corrected chi connectivity index (χ2v) is 9.09. The number of aryl methyl sites for hydroxylation is 1. The number of aromatic nitrogens is 1. The van der Waals surface area contributed by atoms with Gasteiger partial charge in [-0.15, -0.1) is 0 Å². The van der Waals surface area contributed by atoms with Crippen LogP contribution in [-0.2, 0) is 23.2 Å². The summed E-state index contributed by atoms with van der Waals surface area (Å²) in [7, 11) is 2.08. The molecule has 160 valence electrons. The fraction of sp³-hybridized carbons (Fsp3) is 0.565. The smallest absolute Gasteiger partial charge is 0.237 e. The van der Waals surface area contributed by atoms with E-state index in [9.17, 15) is 9.59 Å². The van der Waals surface area contributed by atoms with Crippen LogP contribution in [0, 0.1) is 0 Å². The first-order valence-electron chi connectivity index (χ1n) is 11.2. The van der Waals surface area contributed by atoms with Gasteiger partial charge in [-0.05, 0) is 37.3 Å². The molecule has 1 aromatic carbocycles. The molecule has 1 aliphatic carbocycles. The summed E-state index contributed by atoms with van der Waals surface area (Å²) in [6.07, 6.45) is 6.57. The Morgan fingerprint density at radius 3 is 2.90 bits per heavy atom. The molecule has 2 aromatic rings. The second kappa shape index (κ2) is 8.04. The molecular weight excluding hydrogens is 378 g/mol. The minimum Gasteiger partial charge on any atom is -0.353 e. The first kappa shape index (κ1) is 19.6. The fourth-order valence-corrected chi connectivity index (χ4v) is 5.04. The highest BCUT2D eigenvalue weighted by Gasteiger charge is 2.43. The summed E-state index contributed by atoms with van der Waals surface area (Å²) in [6, 6.07) is 9.30. The van der Waals surface area contributed by atoms with Crippen molar-refractivity contribution < 1.29 is 9.59 Å². The zero-order valence-electron chi connectivity index (χ0n) is 17.6. The van der Waals surface area contributed by atoms with Crippen molar-refractivity contribution in [2.24, 2.45) is 7.05 Å². The molecule has 3 atom stereocenters. The number of hydrogen-bond donors (Lipinski definition) is 3. The van der Waals surface area contributed by atoms with Gasteiger partial charge in [0.25, 0.3) is 0 Å². The average molecular weight is 410 g/mol. The van der Waals surface area contributed by atoms with E-state index in [-0.39, 0.29) is 29.9 Å². The van der Waals surface area contributed by atoms with Gasteiger partial charge in [0.1, 0.15) is 0 Å². The van der Waals surface area contributed by atoms with E-state index >= 15 is 0 Å². The lowest BCUT2D eigenvalue weighted by Gasteiger charge is -2.37. The van der Waals surface area contributed by atoms with Crippen molar-refractivity contribution in [2.75, 3.05) is 13.1 Å². The van der Waals surface area contributed by atoms with Gasteiger partial charge in [-0.1, -0.05) is 18.2 Å². The van der Waals surface area contributed by atoms with Crippen LogP contribution in [0.1, 0.15) is 37.7 Å². The predicted molar refractivity (Wildman–Crippen MR) is 116 cm³/mol. The maximum atomic E-state index is 12.4. The van der Waals surface area contributed by atoms with Crippen molar-refractivity contribution in [3.8, 4) is 0 Å². The monoisotopic (exact) mass is 409 g/mol. The molecule has 2 aliphatic heterocycles. The lowest BCUT2D eigenvalue weighted by atomic mass is 10.0. The van der Waals surface area contributed by atoms with Crippen molar-refractivity contribution in [1.82, 2.24) is 25.4 Å². The zero-order valence-corrected chi connectivity index (χ0v) is 17.6. The van der Waals surface area contributed by atoms with E-state index in [0.717, 1.165) is 38.8 Å². The summed E-state index contributed by atoms with van der Waals surface area (Å²) in [6.45, 7) is 2.29. The van der Waals surface area contributed by atoms with E-state index in [0.29, 0.717) is 19.0 Å². The van der Waals surface area contributed by atoms with Crippen molar-refractivity contribution >= 4 is 22.7 Å². The minimum absolute atomic E-state index is 0.0831. The highest BCUT2D eigenvalue weighted by Crippen LogP contribution is 2.27. The van der Waals surface area contributed by atoms with Gasteiger partial charge in [0.05, 0.1) is 6.04 Å². The number of amides is 2. The standard InChI is InChI=1S/C23H31N5O2/c1-27-13-15(19-4-2-3-5-20(19)27)11-24-17-10-21-23(30)25-12-18(28(21)14-17)8-9-22(29)26-16-6-7-16/h2-5,13,16-18,21,24H,6-12,14H2,1H3,(H,25,30)(H,26,29). The molecule has 0 spiro atoms. The van der Waals surface area contributed by atoms with Gasteiger partial charge in [-0.2, -0.15) is 0 Å². The summed E-state index contributed by atoms with van der Waals surface area (Å²) in [5, 5.41) is 11.1. The van der Waals surface area contributed by atoms with E-state index in [2.05, 4.69) is 62.9 Å². The van der Waals surface area contributed by atoms with Crippen molar-refractivity contribution in [3.63, 3.8) is 0 Å². The van der Waals surface area contributed by atoms with Crippen LogP contribution >= 0.6 is 0 Å². The van der Waals surface area contributed by atoms with Crippen molar-refractivity contribution in [3.05, 3.63) is 36.0 Å². The van der Waals surface area contributed by atoms with Gasteiger partial charge in [0.15, 0.2) is 0 Å². The number of para-hydroxylation sites is 1. The van der Waals surface area contributed by atoms with Crippen LogP contribution in [0.25, 0.3) is 10.9 Å². The van der Waals surface area contributed by atoms with E-state index in [1.807, 2.05) is 0 Å². The Balaban J connectivity index is 1.19. The van der Waals surface area contributed by atoms with E-state index in [1.165, 1.54) is 16.5 Å². The predicted octanol–water partition coefficient (Wildman–Crippen LogP) is 1.27. The van der Waals surface area contributed by atoms with Crippen LogP contribution in [0.2, 0.25) is 0 Å². The maximum Gasteiger partial charge on any atom is 0.237 e. The van der Waals surface area contributed by atoms with Crippen molar-refractivity contribution in [1.29, 1.82) is 0 Å². The molecule has 1 saturated carbocycles. The van der Waals surface area contributed by atoms with Gasteiger partial charge in [-0.25, -0.2) is 0 Å². The highest BCUT2D eigenvalue weighted by atomic mass is 16.2. The highest BCUT2D eigenvalue weighted by molar-refractivity contribution is 5.84. The van der Waals surface area contributed by atoms with Crippen LogP contribution in [-0.4, -0.2) is 58.5 Å². The minimum atomic E-state index is -0.0831. The number of carbonyl (C=O) groups excluding carboxylic acids is 2. The lowest BCUT2D eigenvalue weighted by Crippen LogP contribution is -2.58. The quantitative estimate of drug-likeness (QED) is 0.644. The van der Waals surface area contributed by atoms with E-state index < -0.39 is 0 Å². The van der Waals surface area contributed by atoms with Gasteiger partial charge in [0.2, 0.25) is 11.8 Å². The first-order chi connectivity index (χ1) is 14.6. The molecule has 3 aliphatic rings. The number of hydrogen-bond acceptors (Lipinski definition) is 4. The molecule has 0 radical (unpaired) electrons. The number of fused-ring (bicyclic) bond motifs is 2. The molecule has 3 heterocycles. The van der Waals surface area contributed by atoms with E-state index in [1.54, 1.807) is 0 Å². The molecule has 5 rings (SSSR count). The summed E-state index contributed by atoms with van der Waals surface area (Å²) in [4.78, 5) is 26.9. The molecule has 1 aromatic heterocycles. The Kier molecular flexibility index (Phi) is 5.25. The third kappa shape index (κ3) is 3.96. The number of rotatable bonds is 7. The Labute approximate surface area is 177 Å². The molecule has 3 N–H and O–H groups in total. The van der Waals surface area contributed by atoms with Crippen LogP contribution < -0.4 is 16.0 Å². The molecule has 0 bridgehead atoms. The molecule has 2 saturated heterocycles. The van der Waals surface area contributed by atoms with Crippen LogP contribution in [0.15, 0.2) is 30.5 Å². The van der Waals surface area contributed by atoms with Crippen LogP contribution in [0.3, 0.4) is 0 Å². The Bertz CT molecular complexity index is 950.